The summed E-state index contributed by atoms with van der Waals surface area (Å²) >= 11 is 0. The molecule has 0 spiro atoms. The van der Waals surface area contributed by atoms with Crippen molar-refractivity contribution >= 4 is 17.5 Å². The van der Waals surface area contributed by atoms with Crippen molar-refractivity contribution in [2.24, 2.45) is 5.73 Å². The van der Waals surface area contributed by atoms with Gasteiger partial charge in [0.2, 0.25) is 11.8 Å². The third-order valence-electron chi connectivity index (χ3n) is 2.03. The lowest BCUT2D eigenvalue weighted by atomic mass is 10.3. The summed E-state index contributed by atoms with van der Waals surface area (Å²) in [4.78, 5) is 21.7. The maximum atomic E-state index is 11.2. The van der Waals surface area contributed by atoms with Crippen LogP contribution in [0.25, 0.3) is 0 Å². The lowest BCUT2D eigenvalue weighted by Gasteiger charge is -2.07. The first-order valence-corrected chi connectivity index (χ1v) is 5.42. The summed E-state index contributed by atoms with van der Waals surface area (Å²) in [6.07, 6.45) is 0.173. The Balaban J connectivity index is 2.42. The Hall–Kier alpha value is -2.08. The van der Waals surface area contributed by atoms with E-state index in [0.29, 0.717) is 11.4 Å². The van der Waals surface area contributed by atoms with Gasteiger partial charge in [0.05, 0.1) is 13.0 Å². The Bertz CT molecular complexity index is 403. The Morgan fingerprint density at radius 2 is 1.94 bits per heavy atom. The molecule has 0 fully saturated rings. The van der Waals surface area contributed by atoms with Gasteiger partial charge in [0, 0.05) is 12.8 Å². The van der Waals surface area contributed by atoms with Gasteiger partial charge in [-0.05, 0) is 24.3 Å². The van der Waals surface area contributed by atoms with Crippen LogP contribution in [-0.2, 0) is 14.3 Å². The summed E-state index contributed by atoms with van der Waals surface area (Å²) in [6.45, 7) is 0.252. The van der Waals surface area contributed by atoms with Crippen LogP contribution in [0.4, 0.5) is 5.69 Å². The van der Waals surface area contributed by atoms with Crippen LogP contribution in [0, 0.1) is 0 Å². The molecule has 0 aromatic heterocycles. The topological polar surface area (TPSA) is 90.7 Å². The highest BCUT2D eigenvalue weighted by Crippen LogP contribution is 2.15. The minimum absolute atomic E-state index is 0.0108. The Kier molecular flexibility index (Phi) is 5.66. The predicted molar refractivity (Wildman–Crippen MR) is 66.3 cm³/mol. The number of hydrogen-bond acceptors (Lipinski definition) is 4. The minimum Gasteiger partial charge on any atom is -0.493 e. The van der Waals surface area contributed by atoms with Gasteiger partial charge in [-0.2, -0.15) is 0 Å². The summed E-state index contributed by atoms with van der Waals surface area (Å²) in [5.74, 6) is -0.0145. The second kappa shape index (κ2) is 7.29. The van der Waals surface area contributed by atoms with Crippen LogP contribution < -0.4 is 15.8 Å². The number of benzene rings is 1. The molecule has 0 saturated heterocycles. The monoisotopic (exact) mass is 252 g/mol. The summed E-state index contributed by atoms with van der Waals surface area (Å²) in [5.41, 5.74) is 5.64. The van der Waals surface area contributed by atoms with E-state index in [1.165, 1.54) is 7.11 Å². The Morgan fingerprint density at radius 1 is 1.28 bits per heavy atom. The van der Waals surface area contributed by atoms with E-state index in [4.69, 9.17) is 15.2 Å². The van der Waals surface area contributed by atoms with Gasteiger partial charge in [0.25, 0.3) is 0 Å². The fraction of sp³-hybridized carbons (Fsp3) is 0.333. The number of amides is 2. The summed E-state index contributed by atoms with van der Waals surface area (Å²) in [5, 5.41) is 2.65. The van der Waals surface area contributed by atoms with Gasteiger partial charge in [-0.3, -0.25) is 9.59 Å². The highest BCUT2D eigenvalue weighted by atomic mass is 16.5. The number of rotatable bonds is 7. The minimum atomic E-state index is -0.404. The molecule has 0 aliphatic rings. The Morgan fingerprint density at radius 3 is 2.50 bits per heavy atom. The van der Waals surface area contributed by atoms with Gasteiger partial charge in [-0.1, -0.05) is 0 Å². The van der Waals surface area contributed by atoms with E-state index in [-0.39, 0.29) is 25.5 Å². The average Bonchev–Trinajstić information content (AvgIpc) is 2.31. The van der Waals surface area contributed by atoms with Gasteiger partial charge in [0.15, 0.2) is 0 Å². The Labute approximate surface area is 105 Å². The molecule has 0 atom stereocenters. The normalized spacial score (nSPS) is 9.83. The van der Waals surface area contributed by atoms with E-state index >= 15 is 0 Å². The van der Waals surface area contributed by atoms with Gasteiger partial charge in [0.1, 0.15) is 12.4 Å². The average molecular weight is 252 g/mol. The number of carbonyl (C=O) groups excluding carboxylic acids is 2. The standard InChI is InChI=1S/C12H16N2O4/c1-17-8-12(16)14-9-2-4-10(5-3-9)18-7-6-11(13)15/h2-5H,6-8H2,1H3,(H2,13,15)(H,14,16). The second-order valence-corrected chi connectivity index (χ2v) is 3.57. The first-order valence-electron chi connectivity index (χ1n) is 5.42. The van der Waals surface area contributed by atoms with Crippen LogP contribution in [0.1, 0.15) is 6.42 Å². The largest absolute Gasteiger partial charge is 0.493 e. The molecule has 0 radical (unpaired) electrons. The molecular weight excluding hydrogens is 236 g/mol. The van der Waals surface area contributed by atoms with Gasteiger partial charge < -0.3 is 20.5 Å². The molecule has 0 aliphatic heterocycles. The smallest absolute Gasteiger partial charge is 0.250 e. The molecule has 1 aromatic carbocycles. The second-order valence-electron chi connectivity index (χ2n) is 3.57. The first-order chi connectivity index (χ1) is 8.61. The number of nitrogens with two attached hydrogens (primary N) is 1. The molecule has 3 N–H and O–H groups in total. The SMILES string of the molecule is COCC(=O)Nc1ccc(OCCC(N)=O)cc1. The highest BCUT2D eigenvalue weighted by Gasteiger charge is 2.02. The van der Waals surface area contributed by atoms with E-state index in [0.717, 1.165) is 0 Å². The number of methoxy groups -OCH3 is 1. The molecule has 0 saturated carbocycles. The van der Waals surface area contributed by atoms with E-state index < -0.39 is 5.91 Å². The van der Waals surface area contributed by atoms with E-state index in [1.54, 1.807) is 24.3 Å². The maximum Gasteiger partial charge on any atom is 0.250 e. The molecule has 2 amide bonds. The number of hydrogen-bond donors (Lipinski definition) is 2. The van der Waals surface area contributed by atoms with Crippen LogP contribution in [0.15, 0.2) is 24.3 Å². The van der Waals surface area contributed by atoms with Gasteiger partial charge in [-0.15, -0.1) is 0 Å². The zero-order valence-corrected chi connectivity index (χ0v) is 10.1. The van der Waals surface area contributed by atoms with Gasteiger partial charge in [-0.25, -0.2) is 0 Å². The predicted octanol–water partition coefficient (Wildman–Crippen LogP) is 0.526. The van der Waals surface area contributed by atoms with E-state index in [9.17, 15) is 9.59 Å². The molecule has 0 bridgehead atoms. The van der Waals surface area contributed by atoms with Crippen molar-refractivity contribution in [3.63, 3.8) is 0 Å². The van der Waals surface area contributed by atoms with Gasteiger partial charge >= 0.3 is 0 Å². The zero-order chi connectivity index (χ0) is 13.4. The number of primary amides is 1. The number of carbonyl (C=O) groups is 2. The zero-order valence-electron chi connectivity index (χ0n) is 10.1. The third-order valence-corrected chi connectivity index (χ3v) is 2.03. The van der Waals surface area contributed by atoms with Crippen molar-refractivity contribution < 1.29 is 19.1 Å². The molecule has 6 nitrogen and oxygen atoms in total. The van der Waals surface area contributed by atoms with Crippen molar-refractivity contribution in [3.8, 4) is 5.75 Å². The van der Waals surface area contributed by atoms with Crippen molar-refractivity contribution in [1.29, 1.82) is 0 Å². The fourth-order valence-corrected chi connectivity index (χ4v) is 1.23. The van der Waals surface area contributed by atoms with Crippen LogP contribution in [0.5, 0.6) is 5.75 Å². The van der Waals surface area contributed by atoms with Crippen molar-refractivity contribution in [3.05, 3.63) is 24.3 Å². The van der Waals surface area contributed by atoms with E-state index in [1.807, 2.05) is 0 Å². The molecule has 18 heavy (non-hydrogen) atoms. The number of ether oxygens (including phenoxy) is 2. The summed E-state index contributed by atoms with van der Waals surface area (Å²) in [7, 11) is 1.45. The fourth-order valence-electron chi connectivity index (χ4n) is 1.23. The summed E-state index contributed by atoms with van der Waals surface area (Å²) < 4.78 is 9.98. The lowest BCUT2D eigenvalue weighted by Crippen LogP contribution is -2.17. The first kappa shape index (κ1) is 14.0. The quantitative estimate of drug-likeness (QED) is 0.740. The maximum absolute atomic E-state index is 11.2. The van der Waals surface area contributed by atoms with Crippen LogP contribution in [-0.4, -0.2) is 32.1 Å². The molecule has 1 rings (SSSR count). The lowest BCUT2D eigenvalue weighted by molar-refractivity contribution is -0.120. The molecule has 0 unspecified atom stereocenters. The number of nitrogens with one attached hydrogen (secondary N) is 1. The molecule has 1 aromatic rings. The highest BCUT2D eigenvalue weighted by molar-refractivity contribution is 5.91. The van der Waals surface area contributed by atoms with Crippen LogP contribution in [0.2, 0.25) is 0 Å². The molecule has 98 valence electrons. The van der Waals surface area contributed by atoms with Crippen molar-refractivity contribution in [1.82, 2.24) is 0 Å². The summed E-state index contributed by atoms with van der Waals surface area (Å²) in [6, 6.07) is 6.80. The van der Waals surface area contributed by atoms with Crippen molar-refractivity contribution in [2.75, 3.05) is 25.6 Å². The number of anilines is 1. The van der Waals surface area contributed by atoms with Crippen LogP contribution in [0.3, 0.4) is 0 Å². The van der Waals surface area contributed by atoms with Crippen molar-refractivity contribution in [2.45, 2.75) is 6.42 Å². The molecule has 0 heterocycles. The third kappa shape index (κ3) is 5.31. The molecule has 0 aliphatic carbocycles. The van der Waals surface area contributed by atoms with E-state index in [2.05, 4.69) is 5.32 Å². The molecular formula is C12H16N2O4. The molecule has 6 heteroatoms. The van der Waals surface area contributed by atoms with Crippen LogP contribution >= 0.6 is 0 Å².